The van der Waals surface area contributed by atoms with E-state index in [1.165, 1.54) is 0 Å². The number of para-hydroxylation sites is 1. The van der Waals surface area contributed by atoms with Gasteiger partial charge in [-0.15, -0.1) is 0 Å². The monoisotopic (exact) mass is 508 g/mol. The Morgan fingerprint density at radius 3 is 2.30 bits per heavy atom. The fraction of sp³-hybridized carbons (Fsp3) is 0.481. The van der Waals surface area contributed by atoms with Crippen LogP contribution in [0.1, 0.15) is 57.8 Å². The van der Waals surface area contributed by atoms with E-state index in [-0.39, 0.29) is 30.6 Å². The molecule has 10 heteroatoms. The summed E-state index contributed by atoms with van der Waals surface area (Å²) in [7, 11) is 0. The summed E-state index contributed by atoms with van der Waals surface area (Å²) >= 11 is 0. The maximum atomic E-state index is 13.5. The molecule has 3 aliphatic heterocycles. The number of hydrogen-bond acceptors (Lipinski definition) is 7. The smallest absolute Gasteiger partial charge is 0.409 e. The Kier molecular flexibility index (Phi) is 7.16. The minimum Gasteiger partial charge on any atom is -0.454 e. The van der Waals surface area contributed by atoms with Gasteiger partial charge in [-0.2, -0.15) is 0 Å². The second-order valence-corrected chi connectivity index (χ2v) is 9.47. The highest BCUT2D eigenvalue weighted by molar-refractivity contribution is 5.98. The van der Waals surface area contributed by atoms with E-state index in [1.807, 2.05) is 24.0 Å². The number of rotatable bonds is 4. The van der Waals surface area contributed by atoms with Crippen molar-refractivity contribution in [2.45, 2.75) is 32.6 Å². The van der Waals surface area contributed by atoms with Crippen LogP contribution in [0.25, 0.3) is 0 Å². The molecule has 37 heavy (non-hydrogen) atoms. The third-order valence-electron chi connectivity index (χ3n) is 7.18. The zero-order valence-corrected chi connectivity index (χ0v) is 21.3. The molecule has 5 rings (SSSR count). The Bertz CT molecular complexity index is 1190. The molecular formula is C27H32N4O6. The zero-order chi connectivity index (χ0) is 25.9. The number of piperazine rings is 1. The predicted octanol–water partition coefficient (Wildman–Crippen LogP) is 3.05. The molecule has 0 spiro atoms. The number of ether oxygens (including phenoxy) is 3. The van der Waals surface area contributed by atoms with Gasteiger partial charge in [0.2, 0.25) is 6.79 Å². The van der Waals surface area contributed by atoms with Crippen LogP contribution in [0.2, 0.25) is 0 Å². The number of carbonyl (C=O) groups is 3. The number of nitrogens with zero attached hydrogens (tertiary/aromatic N) is 4. The van der Waals surface area contributed by atoms with Gasteiger partial charge >= 0.3 is 6.09 Å². The standard InChI is InChI=1S/C27H32N4O6/c1-3-35-27(34)31-15-13-30(14-16-31)25(32)20-8-7-18(2)28-23(20)19-9-11-29(12-10-19)26(33)21-5-4-6-22-24(21)37-17-36-22/h4-8,19H,3,9-17H2,1-2H3. The lowest BCUT2D eigenvalue weighted by Crippen LogP contribution is -2.51. The molecule has 2 fully saturated rings. The SMILES string of the molecule is CCOC(=O)N1CCN(C(=O)c2ccc(C)nc2C2CCN(C(=O)c3cccc4c3OCO4)CC2)CC1. The number of aryl methyl sites for hydroxylation is 1. The maximum absolute atomic E-state index is 13.5. The van der Waals surface area contributed by atoms with Crippen LogP contribution in [-0.4, -0.2) is 90.3 Å². The van der Waals surface area contributed by atoms with Crippen molar-refractivity contribution in [3.8, 4) is 11.5 Å². The summed E-state index contributed by atoms with van der Waals surface area (Å²) in [4.78, 5) is 48.8. The fourth-order valence-electron chi connectivity index (χ4n) is 5.17. The Morgan fingerprint density at radius 1 is 0.892 bits per heavy atom. The third kappa shape index (κ3) is 5.05. The van der Waals surface area contributed by atoms with Crippen LogP contribution in [0, 0.1) is 6.92 Å². The van der Waals surface area contributed by atoms with Crippen molar-refractivity contribution in [2.75, 3.05) is 52.7 Å². The highest BCUT2D eigenvalue weighted by Crippen LogP contribution is 2.37. The van der Waals surface area contributed by atoms with Crippen molar-refractivity contribution in [1.29, 1.82) is 0 Å². The number of fused-ring (bicyclic) bond motifs is 1. The van der Waals surface area contributed by atoms with Gasteiger partial charge in [-0.1, -0.05) is 6.07 Å². The zero-order valence-electron chi connectivity index (χ0n) is 21.3. The summed E-state index contributed by atoms with van der Waals surface area (Å²) < 4.78 is 16.0. The van der Waals surface area contributed by atoms with Crippen LogP contribution in [-0.2, 0) is 4.74 Å². The van der Waals surface area contributed by atoms with Gasteiger partial charge in [0.1, 0.15) is 0 Å². The molecule has 0 unspecified atom stereocenters. The Morgan fingerprint density at radius 2 is 1.57 bits per heavy atom. The van der Waals surface area contributed by atoms with E-state index in [9.17, 15) is 14.4 Å². The van der Waals surface area contributed by atoms with Gasteiger partial charge in [-0.25, -0.2) is 4.79 Å². The van der Waals surface area contributed by atoms with E-state index in [0.29, 0.717) is 81.3 Å². The van der Waals surface area contributed by atoms with E-state index in [0.717, 1.165) is 11.4 Å². The van der Waals surface area contributed by atoms with Crippen LogP contribution in [0.3, 0.4) is 0 Å². The molecule has 3 aliphatic rings. The lowest BCUT2D eigenvalue weighted by atomic mass is 9.89. The van der Waals surface area contributed by atoms with Crippen molar-refractivity contribution in [3.05, 3.63) is 52.8 Å². The van der Waals surface area contributed by atoms with E-state index in [2.05, 4.69) is 0 Å². The normalized spacial score (nSPS) is 17.6. The highest BCUT2D eigenvalue weighted by Gasteiger charge is 2.33. The molecule has 1 aromatic heterocycles. The highest BCUT2D eigenvalue weighted by atomic mass is 16.7. The summed E-state index contributed by atoms with van der Waals surface area (Å²) in [5, 5.41) is 0. The van der Waals surface area contributed by atoms with Gasteiger partial charge < -0.3 is 28.9 Å². The van der Waals surface area contributed by atoms with Crippen LogP contribution < -0.4 is 9.47 Å². The molecule has 0 saturated carbocycles. The molecule has 4 heterocycles. The molecule has 0 radical (unpaired) electrons. The van der Waals surface area contributed by atoms with Crippen LogP contribution in [0.4, 0.5) is 4.79 Å². The van der Waals surface area contributed by atoms with Gasteiger partial charge in [-0.3, -0.25) is 14.6 Å². The predicted molar refractivity (Wildman–Crippen MR) is 134 cm³/mol. The second kappa shape index (κ2) is 10.7. The number of likely N-dealkylation sites (tertiary alicyclic amines) is 1. The quantitative estimate of drug-likeness (QED) is 0.626. The van der Waals surface area contributed by atoms with Crippen molar-refractivity contribution in [1.82, 2.24) is 19.7 Å². The Labute approximate surface area is 216 Å². The summed E-state index contributed by atoms with van der Waals surface area (Å²) in [6, 6.07) is 9.09. The van der Waals surface area contributed by atoms with E-state index >= 15 is 0 Å². The van der Waals surface area contributed by atoms with Gasteiger partial charge in [-0.05, 0) is 51.0 Å². The molecule has 0 N–H and O–H groups in total. The Hall–Kier alpha value is -3.82. The summed E-state index contributed by atoms with van der Waals surface area (Å²) in [5.41, 5.74) is 2.77. The molecule has 0 bridgehead atoms. The first-order valence-corrected chi connectivity index (χ1v) is 12.8. The lowest BCUT2D eigenvalue weighted by Gasteiger charge is -2.35. The van der Waals surface area contributed by atoms with Gasteiger partial charge in [0.15, 0.2) is 11.5 Å². The number of hydrogen-bond donors (Lipinski definition) is 0. The molecule has 2 aromatic rings. The van der Waals surface area contributed by atoms with Crippen molar-refractivity contribution >= 4 is 17.9 Å². The second-order valence-electron chi connectivity index (χ2n) is 9.47. The summed E-state index contributed by atoms with van der Waals surface area (Å²) in [6.45, 7) is 7.07. The minimum atomic E-state index is -0.340. The number of benzene rings is 1. The van der Waals surface area contributed by atoms with Crippen LogP contribution in [0.5, 0.6) is 11.5 Å². The largest absolute Gasteiger partial charge is 0.454 e. The number of aromatic nitrogens is 1. The first-order valence-electron chi connectivity index (χ1n) is 12.8. The average Bonchev–Trinajstić information content (AvgIpc) is 3.42. The maximum Gasteiger partial charge on any atom is 0.409 e. The molecule has 0 atom stereocenters. The molecule has 0 aliphatic carbocycles. The molecule has 10 nitrogen and oxygen atoms in total. The number of piperidine rings is 1. The Balaban J connectivity index is 1.25. The first-order chi connectivity index (χ1) is 18.0. The summed E-state index contributed by atoms with van der Waals surface area (Å²) in [6.07, 6.45) is 1.09. The molecule has 196 valence electrons. The topological polar surface area (TPSA) is 102 Å². The minimum absolute atomic E-state index is 0.0680. The first kappa shape index (κ1) is 24.9. The van der Waals surface area contributed by atoms with Gasteiger partial charge in [0.05, 0.1) is 23.4 Å². The average molecular weight is 509 g/mol. The van der Waals surface area contributed by atoms with Gasteiger partial charge in [0, 0.05) is 50.9 Å². The molecule has 1 aromatic carbocycles. The number of amides is 3. The molecule has 2 saturated heterocycles. The molecule has 3 amide bonds. The van der Waals surface area contributed by atoms with E-state index < -0.39 is 0 Å². The molecular weight excluding hydrogens is 476 g/mol. The van der Waals surface area contributed by atoms with Crippen LogP contribution >= 0.6 is 0 Å². The van der Waals surface area contributed by atoms with E-state index in [4.69, 9.17) is 19.2 Å². The van der Waals surface area contributed by atoms with Gasteiger partial charge in [0.25, 0.3) is 11.8 Å². The van der Waals surface area contributed by atoms with E-state index in [1.54, 1.807) is 34.9 Å². The van der Waals surface area contributed by atoms with Crippen molar-refractivity contribution < 1.29 is 28.6 Å². The lowest BCUT2D eigenvalue weighted by molar-refractivity contribution is 0.0567. The fourth-order valence-corrected chi connectivity index (χ4v) is 5.17. The van der Waals surface area contributed by atoms with Crippen LogP contribution in [0.15, 0.2) is 30.3 Å². The number of pyridine rings is 1. The third-order valence-corrected chi connectivity index (χ3v) is 7.18. The summed E-state index contributed by atoms with van der Waals surface area (Å²) in [5.74, 6) is 1.03. The van der Waals surface area contributed by atoms with Crippen molar-refractivity contribution in [2.24, 2.45) is 0 Å². The van der Waals surface area contributed by atoms with Crippen molar-refractivity contribution in [3.63, 3.8) is 0 Å². The number of carbonyl (C=O) groups excluding carboxylic acids is 3.